The molecule has 2 aromatic heterocycles. The van der Waals surface area contributed by atoms with Crippen molar-refractivity contribution < 1.29 is 14.7 Å². The Bertz CT molecular complexity index is 1220. The molecule has 0 radical (unpaired) electrons. The van der Waals surface area contributed by atoms with E-state index in [4.69, 9.17) is 9.94 Å². The van der Waals surface area contributed by atoms with Crippen LogP contribution in [0.1, 0.15) is 16.8 Å². The maximum absolute atomic E-state index is 12.7. The smallest absolute Gasteiger partial charge is 0.274 e. The van der Waals surface area contributed by atoms with E-state index in [-0.39, 0.29) is 11.1 Å². The largest absolute Gasteiger partial charge is 0.494 e. The first-order chi connectivity index (χ1) is 14.7. The predicted molar refractivity (Wildman–Crippen MR) is 113 cm³/mol. The van der Waals surface area contributed by atoms with Gasteiger partial charge in [0.15, 0.2) is 0 Å². The van der Waals surface area contributed by atoms with Crippen LogP contribution in [0.5, 0.6) is 5.75 Å². The van der Waals surface area contributed by atoms with Crippen molar-refractivity contribution in [2.45, 2.75) is 13.0 Å². The lowest BCUT2D eigenvalue weighted by Crippen LogP contribution is -2.22. The fourth-order valence-electron chi connectivity index (χ4n) is 3.10. The zero-order valence-electron chi connectivity index (χ0n) is 15.8. The normalized spacial score (nSPS) is 10.8. The van der Waals surface area contributed by atoms with Crippen LogP contribution in [-0.4, -0.2) is 31.9 Å². The second-order valence-corrected chi connectivity index (χ2v) is 7.18. The number of hydroxylamine groups is 1. The highest BCUT2D eigenvalue weighted by molar-refractivity contribution is 7.03. The third kappa shape index (κ3) is 4.22. The van der Waals surface area contributed by atoms with E-state index >= 15 is 0 Å². The Morgan fingerprint density at radius 1 is 1.17 bits per heavy atom. The Labute approximate surface area is 175 Å². The molecule has 2 aromatic carbocycles. The molecular formula is C21H18N4O4S. The first-order valence-electron chi connectivity index (χ1n) is 9.23. The molecule has 4 aromatic rings. The number of nitrogens with one attached hydrogen (secondary N) is 1. The molecule has 0 bridgehead atoms. The Hall–Kier alpha value is -3.56. The topological polar surface area (TPSA) is 106 Å². The van der Waals surface area contributed by atoms with Crippen LogP contribution in [0.3, 0.4) is 0 Å². The molecule has 30 heavy (non-hydrogen) atoms. The molecule has 2 heterocycles. The van der Waals surface area contributed by atoms with Crippen LogP contribution in [0.2, 0.25) is 0 Å². The van der Waals surface area contributed by atoms with Crippen molar-refractivity contribution in [3.05, 3.63) is 76.0 Å². The zero-order chi connectivity index (χ0) is 20.9. The van der Waals surface area contributed by atoms with E-state index in [1.165, 1.54) is 17.6 Å². The molecule has 1 amide bonds. The standard InChI is InChI=1S/C21H18N4O4S/c26-20(23-28)16-3-2-14-8-10-25(21(27)18(14)12-16)9-1-11-29-17-6-4-15(5-7-17)19-13-30-24-22-19/h2-8,10,12-13,28H,1,9,11H2,(H,23,26). The number of rotatable bonds is 7. The van der Waals surface area contributed by atoms with Gasteiger partial charge in [0.2, 0.25) is 0 Å². The van der Waals surface area contributed by atoms with E-state index in [0.29, 0.717) is 25.0 Å². The van der Waals surface area contributed by atoms with Gasteiger partial charge in [-0.05, 0) is 65.8 Å². The van der Waals surface area contributed by atoms with Crippen LogP contribution in [0, 0.1) is 0 Å². The lowest BCUT2D eigenvalue weighted by atomic mass is 10.1. The van der Waals surface area contributed by atoms with Gasteiger partial charge < -0.3 is 9.30 Å². The summed E-state index contributed by atoms with van der Waals surface area (Å²) in [4.78, 5) is 24.3. The van der Waals surface area contributed by atoms with Crippen molar-refractivity contribution >= 4 is 28.2 Å². The second-order valence-electron chi connectivity index (χ2n) is 6.57. The summed E-state index contributed by atoms with van der Waals surface area (Å²) in [6.07, 6.45) is 2.37. The van der Waals surface area contributed by atoms with E-state index in [2.05, 4.69) is 9.59 Å². The van der Waals surface area contributed by atoms with Crippen LogP contribution >= 0.6 is 11.5 Å². The molecule has 0 atom stereocenters. The number of ether oxygens (including phenoxy) is 1. The van der Waals surface area contributed by atoms with Gasteiger partial charge >= 0.3 is 0 Å². The van der Waals surface area contributed by atoms with Gasteiger partial charge in [-0.15, -0.1) is 5.10 Å². The molecule has 9 heteroatoms. The van der Waals surface area contributed by atoms with Crippen LogP contribution in [0.4, 0.5) is 0 Å². The van der Waals surface area contributed by atoms with Gasteiger partial charge in [-0.2, -0.15) is 0 Å². The molecule has 152 valence electrons. The number of amides is 1. The Balaban J connectivity index is 1.38. The third-order valence-corrected chi connectivity index (χ3v) is 5.17. The van der Waals surface area contributed by atoms with Gasteiger partial charge in [0.25, 0.3) is 11.5 Å². The van der Waals surface area contributed by atoms with Crippen molar-refractivity contribution in [1.29, 1.82) is 0 Å². The van der Waals surface area contributed by atoms with Crippen molar-refractivity contribution in [3.63, 3.8) is 0 Å². The molecule has 8 nitrogen and oxygen atoms in total. The average molecular weight is 422 g/mol. The van der Waals surface area contributed by atoms with Crippen LogP contribution in [0.25, 0.3) is 22.0 Å². The summed E-state index contributed by atoms with van der Waals surface area (Å²) >= 11 is 1.31. The number of hydrogen-bond donors (Lipinski definition) is 2. The monoisotopic (exact) mass is 422 g/mol. The maximum Gasteiger partial charge on any atom is 0.274 e. The minimum Gasteiger partial charge on any atom is -0.494 e. The van der Waals surface area contributed by atoms with E-state index in [9.17, 15) is 9.59 Å². The van der Waals surface area contributed by atoms with Crippen LogP contribution in [-0.2, 0) is 6.54 Å². The summed E-state index contributed by atoms with van der Waals surface area (Å²) in [6, 6.07) is 14.2. The van der Waals surface area contributed by atoms with Gasteiger partial charge in [-0.25, -0.2) is 5.48 Å². The minimum atomic E-state index is -0.655. The number of hydrogen-bond acceptors (Lipinski definition) is 7. The first-order valence-corrected chi connectivity index (χ1v) is 10.1. The highest BCUT2D eigenvalue weighted by Gasteiger charge is 2.09. The number of pyridine rings is 1. The number of benzene rings is 2. The van der Waals surface area contributed by atoms with E-state index in [0.717, 1.165) is 22.4 Å². The summed E-state index contributed by atoms with van der Waals surface area (Å²) in [5.74, 6) is 0.0876. The van der Waals surface area contributed by atoms with Crippen molar-refractivity contribution in [1.82, 2.24) is 19.6 Å². The molecule has 0 saturated carbocycles. The second kappa shape index (κ2) is 8.85. The number of fused-ring (bicyclic) bond motifs is 1. The van der Waals surface area contributed by atoms with Gasteiger partial charge in [0.1, 0.15) is 11.4 Å². The van der Waals surface area contributed by atoms with Crippen LogP contribution < -0.4 is 15.8 Å². The molecule has 0 aliphatic heterocycles. The fourth-order valence-corrected chi connectivity index (χ4v) is 3.56. The fraction of sp³-hybridized carbons (Fsp3) is 0.143. The maximum atomic E-state index is 12.7. The molecule has 0 fully saturated rings. The quantitative estimate of drug-likeness (QED) is 0.269. The van der Waals surface area contributed by atoms with Crippen LogP contribution in [0.15, 0.2) is 64.9 Å². The third-order valence-electron chi connectivity index (χ3n) is 4.66. The number of aryl methyl sites for hydroxylation is 1. The van der Waals surface area contributed by atoms with E-state index < -0.39 is 5.91 Å². The lowest BCUT2D eigenvalue weighted by molar-refractivity contribution is 0.0706. The van der Waals surface area contributed by atoms with Crippen molar-refractivity contribution in [2.24, 2.45) is 0 Å². The van der Waals surface area contributed by atoms with Gasteiger partial charge in [0.05, 0.1) is 6.61 Å². The number of nitrogens with zero attached hydrogens (tertiary/aromatic N) is 3. The van der Waals surface area contributed by atoms with Crippen molar-refractivity contribution in [3.8, 4) is 17.0 Å². The zero-order valence-corrected chi connectivity index (χ0v) is 16.6. The van der Waals surface area contributed by atoms with Gasteiger partial charge in [0, 0.05) is 34.6 Å². The SMILES string of the molecule is O=C(NO)c1ccc2ccn(CCCOc3ccc(-c4csnn4)cc3)c(=O)c2c1. The molecule has 0 unspecified atom stereocenters. The first kappa shape index (κ1) is 19.7. The predicted octanol–water partition coefficient (Wildman–Crippen LogP) is 3.11. The summed E-state index contributed by atoms with van der Waals surface area (Å²) in [5, 5.41) is 15.9. The summed E-state index contributed by atoms with van der Waals surface area (Å²) in [7, 11) is 0. The summed E-state index contributed by atoms with van der Waals surface area (Å²) in [5.41, 5.74) is 3.42. The molecule has 0 spiro atoms. The van der Waals surface area contributed by atoms with E-state index in [1.807, 2.05) is 35.7 Å². The van der Waals surface area contributed by atoms with Gasteiger partial charge in [-0.1, -0.05) is 10.6 Å². The molecule has 0 aliphatic rings. The number of aromatic nitrogens is 3. The highest BCUT2D eigenvalue weighted by Crippen LogP contribution is 2.21. The summed E-state index contributed by atoms with van der Waals surface area (Å²) in [6.45, 7) is 0.933. The minimum absolute atomic E-state index is 0.193. The molecule has 4 rings (SSSR count). The van der Waals surface area contributed by atoms with Crippen molar-refractivity contribution in [2.75, 3.05) is 6.61 Å². The van der Waals surface area contributed by atoms with Gasteiger partial charge in [-0.3, -0.25) is 14.8 Å². The Morgan fingerprint density at radius 2 is 2.00 bits per heavy atom. The average Bonchev–Trinajstić information content (AvgIpc) is 3.33. The Kier molecular flexibility index (Phi) is 5.82. The summed E-state index contributed by atoms with van der Waals surface area (Å²) < 4.78 is 11.2. The molecule has 2 N–H and O–H groups in total. The van der Waals surface area contributed by atoms with E-state index in [1.54, 1.807) is 28.4 Å². The highest BCUT2D eigenvalue weighted by atomic mass is 32.1. The molecule has 0 aliphatic carbocycles. The molecular weight excluding hydrogens is 404 g/mol. The lowest BCUT2D eigenvalue weighted by Gasteiger charge is -2.10. The number of carbonyl (C=O) groups is 1. The Morgan fingerprint density at radius 3 is 2.73 bits per heavy atom. The molecule has 0 saturated heterocycles. The number of carbonyl (C=O) groups excluding carboxylic acids is 1.